The molecule has 0 aliphatic rings. The van der Waals surface area contributed by atoms with E-state index in [2.05, 4.69) is 23.3 Å². The van der Waals surface area contributed by atoms with E-state index in [-0.39, 0.29) is 6.04 Å². The largest absolute Gasteiger partial charge is 0.360 e. The summed E-state index contributed by atoms with van der Waals surface area (Å²) in [4.78, 5) is 4.50. The first-order valence-corrected chi connectivity index (χ1v) is 6.46. The van der Waals surface area contributed by atoms with Crippen LogP contribution in [0.25, 0.3) is 10.2 Å². The van der Waals surface area contributed by atoms with Gasteiger partial charge in [0.1, 0.15) is 0 Å². The van der Waals surface area contributed by atoms with Gasteiger partial charge in [0.15, 0.2) is 5.13 Å². The van der Waals surface area contributed by atoms with E-state index in [1.807, 2.05) is 18.2 Å². The monoisotopic (exact) mass is 235 g/mol. The molecule has 0 saturated carbocycles. The molecule has 0 fully saturated rings. The molecule has 3 N–H and O–H groups in total. The summed E-state index contributed by atoms with van der Waals surface area (Å²) in [5.41, 5.74) is 7.00. The molecule has 1 atom stereocenters. The molecule has 0 amide bonds. The second-order valence-electron chi connectivity index (χ2n) is 3.92. The Morgan fingerprint density at radius 3 is 3.00 bits per heavy atom. The number of para-hydroxylation sites is 1. The number of anilines is 1. The van der Waals surface area contributed by atoms with Crippen molar-refractivity contribution < 1.29 is 0 Å². The Balaban J connectivity index is 1.99. The van der Waals surface area contributed by atoms with Crippen LogP contribution in [0.1, 0.15) is 19.8 Å². The molecule has 2 rings (SSSR count). The summed E-state index contributed by atoms with van der Waals surface area (Å²) in [7, 11) is 0. The molecular formula is C12H17N3S. The first kappa shape index (κ1) is 11.4. The summed E-state index contributed by atoms with van der Waals surface area (Å²) in [6, 6.07) is 8.38. The summed E-state index contributed by atoms with van der Waals surface area (Å²) in [6.07, 6.45) is 2.18. The fraction of sp³-hybridized carbons (Fsp3) is 0.417. The van der Waals surface area contributed by atoms with Crippen LogP contribution in [0.3, 0.4) is 0 Å². The van der Waals surface area contributed by atoms with Gasteiger partial charge in [0.05, 0.1) is 10.2 Å². The van der Waals surface area contributed by atoms with E-state index in [1.54, 1.807) is 11.3 Å². The number of nitrogens with zero attached hydrogens (tertiary/aromatic N) is 1. The van der Waals surface area contributed by atoms with Gasteiger partial charge < -0.3 is 11.1 Å². The summed E-state index contributed by atoms with van der Waals surface area (Å²) in [5.74, 6) is 0. The van der Waals surface area contributed by atoms with Crippen molar-refractivity contribution >= 4 is 26.7 Å². The molecule has 1 aromatic heterocycles. The second kappa shape index (κ2) is 5.27. The molecule has 1 heterocycles. The summed E-state index contributed by atoms with van der Waals surface area (Å²) in [6.45, 7) is 2.95. The van der Waals surface area contributed by atoms with E-state index in [0.29, 0.717) is 0 Å². The lowest BCUT2D eigenvalue weighted by Gasteiger charge is -2.09. The lowest BCUT2D eigenvalue weighted by atomic mass is 10.2. The van der Waals surface area contributed by atoms with Gasteiger partial charge in [-0.05, 0) is 18.6 Å². The fourth-order valence-corrected chi connectivity index (χ4v) is 2.51. The van der Waals surface area contributed by atoms with Crippen molar-refractivity contribution in [2.24, 2.45) is 5.73 Å². The number of thiazole rings is 1. The zero-order chi connectivity index (χ0) is 11.4. The molecule has 86 valence electrons. The third-order valence-corrected chi connectivity index (χ3v) is 3.46. The van der Waals surface area contributed by atoms with E-state index in [4.69, 9.17) is 5.73 Å². The number of fused-ring (bicyclic) bond motifs is 1. The minimum atomic E-state index is 0.219. The van der Waals surface area contributed by atoms with Gasteiger partial charge in [-0.3, -0.25) is 0 Å². The molecule has 1 unspecified atom stereocenters. The molecule has 0 radical (unpaired) electrons. The maximum atomic E-state index is 5.94. The Morgan fingerprint density at radius 1 is 1.44 bits per heavy atom. The molecule has 16 heavy (non-hydrogen) atoms. The van der Waals surface area contributed by atoms with Gasteiger partial charge in [0, 0.05) is 12.6 Å². The van der Waals surface area contributed by atoms with Gasteiger partial charge in [-0.1, -0.05) is 36.8 Å². The normalized spacial score (nSPS) is 12.9. The van der Waals surface area contributed by atoms with Crippen LogP contribution in [0.4, 0.5) is 5.13 Å². The van der Waals surface area contributed by atoms with Crippen molar-refractivity contribution in [1.82, 2.24) is 4.98 Å². The molecule has 1 aromatic carbocycles. The Labute approximate surface area is 99.7 Å². The predicted molar refractivity (Wildman–Crippen MR) is 71.0 cm³/mol. The molecule has 4 heteroatoms. The van der Waals surface area contributed by atoms with Crippen molar-refractivity contribution in [3.05, 3.63) is 24.3 Å². The van der Waals surface area contributed by atoms with Crippen LogP contribution in [0.2, 0.25) is 0 Å². The van der Waals surface area contributed by atoms with Gasteiger partial charge in [-0.2, -0.15) is 0 Å². The third-order valence-electron chi connectivity index (χ3n) is 2.47. The highest BCUT2D eigenvalue weighted by Gasteiger charge is 2.04. The first-order valence-electron chi connectivity index (χ1n) is 5.64. The Morgan fingerprint density at radius 2 is 2.25 bits per heavy atom. The lowest BCUT2D eigenvalue weighted by Crippen LogP contribution is -2.28. The van der Waals surface area contributed by atoms with Gasteiger partial charge >= 0.3 is 0 Å². The Kier molecular flexibility index (Phi) is 3.74. The van der Waals surface area contributed by atoms with Crippen LogP contribution < -0.4 is 11.1 Å². The molecule has 3 nitrogen and oxygen atoms in total. The number of hydrogen-bond acceptors (Lipinski definition) is 4. The van der Waals surface area contributed by atoms with E-state index in [1.165, 1.54) is 4.70 Å². The minimum Gasteiger partial charge on any atom is -0.360 e. The summed E-state index contributed by atoms with van der Waals surface area (Å²) >= 11 is 1.68. The standard InChI is InChI=1S/C12H17N3S/c1-2-5-9(13)8-14-12-15-10-6-3-4-7-11(10)16-12/h3-4,6-7,9H,2,5,8,13H2,1H3,(H,14,15). The highest BCUT2D eigenvalue weighted by molar-refractivity contribution is 7.22. The Hall–Kier alpha value is -1.13. The predicted octanol–water partition coefficient (Wildman–Crippen LogP) is 2.84. The van der Waals surface area contributed by atoms with E-state index in [0.717, 1.165) is 30.0 Å². The third kappa shape index (κ3) is 2.71. The topological polar surface area (TPSA) is 50.9 Å². The van der Waals surface area contributed by atoms with Crippen LogP contribution in [-0.4, -0.2) is 17.6 Å². The zero-order valence-electron chi connectivity index (χ0n) is 9.44. The molecule has 0 bridgehead atoms. The van der Waals surface area contributed by atoms with E-state index in [9.17, 15) is 0 Å². The van der Waals surface area contributed by atoms with Crippen LogP contribution >= 0.6 is 11.3 Å². The Bertz CT molecular complexity index is 419. The molecule has 0 spiro atoms. The maximum Gasteiger partial charge on any atom is 0.183 e. The van der Waals surface area contributed by atoms with E-state index >= 15 is 0 Å². The van der Waals surface area contributed by atoms with Crippen molar-refractivity contribution in [1.29, 1.82) is 0 Å². The van der Waals surface area contributed by atoms with Crippen molar-refractivity contribution in [2.45, 2.75) is 25.8 Å². The number of nitrogens with two attached hydrogens (primary N) is 1. The second-order valence-corrected chi connectivity index (χ2v) is 4.95. The lowest BCUT2D eigenvalue weighted by molar-refractivity contribution is 0.627. The van der Waals surface area contributed by atoms with Crippen LogP contribution in [0, 0.1) is 0 Å². The smallest absolute Gasteiger partial charge is 0.183 e. The SMILES string of the molecule is CCCC(N)CNc1nc2ccccc2s1. The van der Waals surface area contributed by atoms with Crippen molar-refractivity contribution in [3.8, 4) is 0 Å². The highest BCUT2D eigenvalue weighted by atomic mass is 32.1. The molecule has 0 aliphatic heterocycles. The van der Waals surface area contributed by atoms with Gasteiger partial charge in [0.2, 0.25) is 0 Å². The van der Waals surface area contributed by atoms with Gasteiger partial charge in [-0.15, -0.1) is 0 Å². The highest BCUT2D eigenvalue weighted by Crippen LogP contribution is 2.25. The minimum absolute atomic E-state index is 0.219. The summed E-state index contributed by atoms with van der Waals surface area (Å²) < 4.78 is 1.22. The van der Waals surface area contributed by atoms with Gasteiger partial charge in [-0.25, -0.2) is 4.98 Å². The molecule has 0 saturated heterocycles. The molecule has 2 aromatic rings. The van der Waals surface area contributed by atoms with Crippen LogP contribution in [0.15, 0.2) is 24.3 Å². The fourth-order valence-electron chi connectivity index (χ4n) is 1.64. The average Bonchev–Trinajstić information content (AvgIpc) is 2.69. The van der Waals surface area contributed by atoms with Gasteiger partial charge in [0.25, 0.3) is 0 Å². The van der Waals surface area contributed by atoms with E-state index < -0.39 is 0 Å². The van der Waals surface area contributed by atoms with Crippen molar-refractivity contribution in [2.75, 3.05) is 11.9 Å². The maximum absolute atomic E-state index is 5.94. The zero-order valence-corrected chi connectivity index (χ0v) is 10.3. The first-order chi connectivity index (χ1) is 7.79. The number of nitrogens with one attached hydrogen (secondary N) is 1. The van der Waals surface area contributed by atoms with Crippen molar-refractivity contribution in [3.63, 3.8) is 0 Å². The van der Waals surface area contributed by atoms with Crippen LogP contribution in [0.5, 0.6) is 0 Å². The van der Waals surface area contributed by atoms with Crippen LogP contribution in [-0.2, 0) is 0 Å². The number of benzene rings is 1. The quantitative estimate of drug-likeness (QED) is 0.838. The number of rotatable bonds is 5. The number of hydrogen-bond donors (Lipinski definition) is 2. The summed E-state index contributed by atoms with van der Waals surface area (Å²) in [5, 5.41) is 4.27. The molecular weight excluding hydrogens is 218 g/mol. The number of aromatic nitrogens is 1. The average molecular weight is 235 g/mol. The molecule has 0 aliphatic carbocycles.